The first-order valence-corrected chi connectivity index (χ1v) is 13.4. The fourth-order valence-corrected chi connectivity index (χ4v) is 5.75. The van der Waals surface area contributed by atoms with Crippen molar-refractivity contribution in [3.8, 4) is 22.6 Å². The van der Waals surface area contributed by atoms with E-state index in [4.69, 9.17) is 4.74 Å². The average Bonchev–Trinajstić information content (AvgIpc) is 3.33. The van der Waals surface area contributed by atoms with Gasteiger partial charge < -0.3 is 19.3 Å². The molecule has 11 heteroatoms. The fourth-order valence-electron chi connectivity index (χ4n) is 4.63. The number of carbonyl (C=O) groups excluding carboxylic acids is 1. The monoisotopic (exact) mass is 574 g/mol. The Morgan fingerprint density at radius 1 is 1.02 bits per heavy atom. The second-order valence-corrected chi connectivity index (χ2v) is 11.5. The van der Waals surface area contributed by atoms with Crippen molar-refractivity contribution in [1.29, 1.82) is 0 Å². The van der Waals surface area contributed by atoms with Crippen molar-refractivity contribution < 1.29 is 32.2 Å². The molecule has 210 valence electrons. The van der Waals surface area contributed by atoms with Gasteiger partial charge in [-0.15, -0.1) is 11.3 Å². The van der Waals surface area contributed by atoms with Crippen LogP contribution in [0.2, 0.25) is 0 Å². The van der Waals surface area contributed by atoms with Gasteiger partial charge in [-0.1, -0.05) is 6.07 Å². The van der Waals surface area contributed by atoms with Crippen LogP contribution in [0.15, 0.2) is 53.5 Å². The second-order valence-electron chi connectivity index (χ2n) is 10.4. The highest BCUT2D eigenvalue weighted by atomic mass is 32.1. The number of ether oxygens (including phenoxy) is 1. The van der Waals surface area contributed by atoms with Crippen molar-refractivity contribution in [2.24, 2.45) is 7.05 Å². The van der Waals surface area contributed by atoms with Crippen LogP contribution >= 0.6 is 11.3 Å². The standard InChI is InChI=1S/C29H26F4N2O4S/c1-28(2,38)16-4-6-22(39-23-7-5-17(30)13-21(23)31)18(12-16)20-15-34(3)27(37)25-19(20)14-24(40-25)26(36)35-10-8-29(32,33)9-11-35/h4-7,12-15,38H,8-11H2,1-3H3. The van der Waals surface area contributed by atoms with Crippen molar-refractivity contribution in [3.63, 3.8) is 0 Å². The number of hydrogen-bond acceptors (Lipinski definition) is 5. The van der Waals surface area contributed by atoms with Crippen LogP contribution in [0.4, 0.5) is 17.6 Å². The molecule has 2 aromatic carbocycles. The second kappa shape index (κ2) is 10.0. The Morgan fingerprint density at radius 3 is 2.35 bits per heavy atom. The molecule has 0 atom stereocenters. The number of nitrogens with zero attached hydrogens (tertiary/aromatic N) is 2. The van der Waals surface area contributed by atoms with Gasteiger partial charge in [-0.25, -0.2) is 17.6 Å². The van der Waals surface area contributed by atoms with E-state index in [1.807, 2.05) is 0 Å². The van der Waals surface area contributed by atoms with E-state index in [0.29, 0.717) is 28.1 Å². The van der Waals surface area contributed by atoms with Gasteiger partial charge in [-0.2, -0.15) is 0 Å². The summed E-state index contributed by atoms with van der Waals surface area (Å²) in [6, 6.07) is 9.23. The number of carbonyl (C=O) groups is 1. The molecule has 1 saturated heterocycles. The lowest BCUT2D eigenvalue weighted by atomic mass is 9.93. The van der Waals surface area contributed by atoms with Gasteiger partial charge in [-0.05, 0) is 49.7 Å². The summed E-state index contributed by atoms with van der Waals surface area (Å²) >= 11 is 0.968. The van der Waals surface area contributed by atoms with E-state index in [1.54, 1.807) is 45.3 Å². The molecule has 0 bridgehead atoms. The fraction of sp³-hybridized carbons (Fsp3) is 0.310. The van der Waals surface area contributed by atoms with E-state index in [0.717, 1.165) is 23.5 Å². The minimum atomic E-state index is -2.81. The number of thiophene rings is 1. The number of halogens is 4. The molecule has 1 aliphatic heterocycles. The molecule has 0 saturated carbocycles. The summed E-state index contributed by atoms with van der Waals surface area (Å²) in [5, 5.41) is 11.1. The molecule has 4 aromatic rings. The van der Waals surface area contributed by atoms with Crippen molar-refractivity contribution in [2.45, 2.75) is 38.2 Å². The van der Waals surface area contributed by atoms with Crippen LogP contribution in [0.3, 0.4) is 0 Å². The van der Waals surface area contributed by atoms with Crippen molar-refractivity contribution in [3.05, 3.63) is 81.1 Å². The highest BCUT2D eigenvalue weighted by Crippen LogP contribution is 2.41. The predicted octanol–water partition coefficient (Wildman–Crippen LogP) is 6.44. The molecular weight excluding hydrogens is 548 g/mol. The highest BCUT2D eigenvalue weighted by Gasteiger charge is 2.36. The number of alkyl halides is 2. The summed E-state index contributed by atoms with van der Waals surface area (Å²) in [5.74, 6) is -5.02. The number of amides is 1. The van der Waals surface area contributed by atoms with E-state index in [2.05, 4.69) is 0 Å². The number of piperidine rings is 1. The van der Waals surface area contributed by atoms with Crippen LogP contribution in [0, 0.1) is 11.6 Å². The third kappa shape index (κ3) is 5.35. The lowest BCUT2D eigenvalue weighted by Crippen LogP contribution is -2.42. The zero-order valence-electron chi connectivity index (χ0n) is 21.9. The number of benzene rings is 2. The van der Waals surface area contributed by atoms with Crippen LogP contribution in [0.5, 0.6) is 11.5 Å². The van der Waals surface area contributed by atoms with Crippen LogP contribution in [0.1, 0.15) is 41.9 Å². The van der Waals surface area contributed by atoms with E-state index in [1.165, 1.54) is 15.5 Å². The quantitative estimate of drug-likeness (QED) is 0.279. The van der Waals surface area contributed by atoms with Gasteiger partial charge in [0.25, 0.3) is 17.4 Å². The van der Waals surface area contributed by atoms with Crippen LogP contribution in [-0.4, -0.2) is 39.5 Å². The molecule has 1 fully saturated rings. The first-order chi connectivity index (χ1) is 18.7. The summed E-state index contributed by atoms with van der Waals surface area (Å²) in [6.07, 6.45) is 0.687. The molecular formula is C29H26F4N2O4S. The minimum Gasteiger partial charge on any atom is -0.454 e. The van der Waals surface area contributed by atoms with Gasteiger partial charge in [0, 0.05) is 61.8 Å². The lowest BCUT2D eigenvalue weighted by molar-refractivity contribution is -0.0493. The summed E-state index contributed by atoms with van der Waals surface area (Å²) < 4.78 is 62.7. The van der Waals surface area contributed by atoms with Crippen molar-refractivity contribution in [2.75, 3.05) is 13.1 Å². The van der Waals surface area contributed by atoms with Gasteiger partial charge in [0.05, 0.1) is 10.5 Å². The Labute approximate surface area is 231 Å². The molecule has 2 aromatic heterocycles. The summed E-state index contributed by atoms with van der Waals surface area (Å²) in [5.41, 5.74) is -0.282. The highest BCUT2D eigenvalue weighted by molar-refractivity contribution is 7.20. The zero-order chi connectivity index (χ0) is 29.0. The number of hydrogen-bond donors (Lipinski definition) is 1. The predicted molar refractivity (Wildman–Crippen MR) is 144 cm³/mol. The maximum atomic E-state index is 14.5. The summed E-state index contributed by atoms with van der Waals surface area (Å²) in [4.78, 5) is 27.9. The number of pyridine rings is 1. The molecule has 0 spiro atoms. The Hall–Kier alpha value is -3.70. The van der Waals surface area contributed by atoms with Crippen LogP contribution in [-0.2, 0) is 12.6 Å². The number of likely N-dealkylation sites (tertiary alicyclic amines) is 1. The van der Waals surface area contributed by atoms with Crippen LogP contribution < -0.4 is 10.3 Å². The van der Waals surface area contributed by atoms with Crippen LogP contribution in [0.25, 0.3) is 21.2 Å². The Balaban J connectivity index is 1.66. The van der Waals surface area contributed by atoms with Gasteiger partial charge in [0.2, 0.25) is 0 Å². The van der Waals surface area contributed by atoms with E-state index < -0.39 is 41.9 Å². The molecule has 0 unspecified atom stereocenters. The average molecular weight is 575 g/mol. The molecule has 1 aliphatic rings. The van der Waals surface area contributed by atoms with Gasteiger partial charge in [0.1, 0.15) is 16.3 Å². The third-order valence-electron chi connectivity index (χ3n) is 6.94. The lowest BCUT2D eigenvalue weighted by Gasteiger charge is -2.31. The summed E-state index contributed by atoms with van der Waals surface area (Å²) in [7, 11) is 1.54. The summed E-state index contributed by atoms with van der Waals surface area (Å²) in [6.45, 7) is 2.98. The first-order valence-electron chi connectivity index (χ1n) is 12.5. The number of aromatic nitrogens is 1. The maximum absolute atomic E-state index is 14.5. The van der Waals surface area contributed by atoms with E-state index >= 15 is 0 Å². The Bertz CT molecular complexity index is 1680. The number of aryl methyl sites for hydroxylation is 1. The van der Waals surface area contributed by atoms with E-state index in [-0.39, 0.29) is 39.7 Å². The van der Waals surface area contributed by atoms with Gasteiger partial charge in [-0.3, -0.25) is 9.59 Å². The third-order valence-corrected chi connectivity index (χ3v) is 8.05. The smallest absolute Gasteiger partial charge is 0.268 e. The maximum Gasteiger partial charge on any atom is 0.268 e. The Kier molecular flexibility index (Phi) is 6.99. The molecule has 5 rings (SSSR count). The topological polar surface area (TPSA) is 71.8 Å². The molecule has 0 aliphatic carbocycles. The normalized spacial score (nSPS) is 15.4. The zero-order valence-corrected chi connectivity index (χ0v) is 22.8. The van der Waals surface area contributed by atoms with Crippen molar-refractivity contribution in [1.82, 2.24) is 9.47 Å². The minimum absolute atomic E-state index is 0.0974. The molecule has 1 amide bonds. The van der Waals surface area contributed by atoms with Crippen molar-refractivity contribution >= 4 is 27.3 Å². The van der Waals surface area contributed by atoms with Gasteiger partial charge in [0.15, 0.2) is 11.6 Å². The Morgan fingerprint density at radius 2 is 1.70 bits per heavy atom. The largest absolute Gasteiger partial charge is 0.454 e. The first kappa shape index (κ1) is 27.9. The molecule has 3 heterocycles. The molecule has 1 N–H and O–H groups in total. The SMILES string of the molecule is Cn1cc(-c2cc(C(C)(C)O)ccc2Oc2ccc(F)cc2F)c2cc(C(=O)N3CCC(F)(F)CC3)sc2c1=O. The molecule has 40 heavy (non-hydrogen) atoms. The number of aliphatic hydroxyl groups is 1. The number of rotatable bonds is 5. The molecule has 0 radical (unpaired) electrons. The van der Waals surface area contributed by atoms with E-state index in [9.17, 15) is 32.3 Å². The molecule has 6 nitrogen and oxygen atoms in total. The number of fused-ring (bicyclic) bond motifs is 1. The van der Waals surface area contributed by atoms with Gasteiger partial charge >= 0.3 is 0 Å².